The van der Waals surface area contributed by atoms with E-state index in [2.05, 4.69) is 0 Å². The van der Waals surface area contributed by atoms with Crippen molar-refractivity contribution in [1.29, 1.82) is 0 Å². The fourth-order valence-corrected chi connectivity index (χ4v) is 2.53. The van der Waals surface area contributed by atoms with Gasteiger partial charge in [0.25, 0.3) is 0 Å². The summed E-state index contributed by atoms with van der Waals surface area (Å²) in [7, 11) is 1.63. The van der Waals surface area contributed by atoms with Gasteiger partial charge in [0, 0.05) is 26.7 Å². The van der Waals surface area contributed by atoms with Crippen LogP contribution in [0.1, 0.15) is 19.3 Å². The summed E-state index contributed by atoms with van der Waals surface area (Å²) in [5.41, 5.74) is 0. The van der Waals surface area contributed by atoms with Crippen molar-refractivity contribution in [2.45, 2.75) is 31.4 Å². The molecule has 2 heterocycles. The van der Waals surface area contributed by atoms with Gasteiger partial charge in [-0.2, -0.15) is 0 Å². The van der Waals surface area contributed by atoms with Gasteiger partial charge in [0.15, 0.2) is 0 Å². The van der Waals surface area contributed by atoms with Crippen molar-refractivity contribution in [3.05, 3.63) is 0 Å². The molecule has 2 aliphatic heterocycles. The maximum absolute atomic E-state index is 12.2. The van der Waals surface area contributed by atoms with E-state index in [0.29, 0.717) is 26.1 Å². The molecule has 2 fully saturated rings. The molecular formula is C11H18N2O4. The molecule has 2 aliphatic rings. The van der Waals surface area contributed by atoms with Crippen LogP contribution < -0.4 is 0 Å². The molecule has 2 amide bonds. The number of carboxylic acids is 1. The molecule has 0 radical (unpaired) electrons. The fraction of sp³-hybridized carbons (Fsp3) is 0.818. The predicted molar refractivity (Wildman–Crippen MR) is 59.7 cm³/mol. The van der Waals surface area contributed by atoms with Gasteiger partial charge in [-0.05, 0) is 19.3 Å². The number of hydrogen-bond donors (Lipinski definition) is 1. The van der Waals surface area contributed by atoms with E-state index in [9.17, 15) is 9.59 Å². The third kappa shape index (κ3) is 2.36. The Balaban J connectivity index is 1.98. The maximum Gasteiger partial charge on any atom is 0.326 e. The number of nitrogens with zero attached hydrogens (tertiary/aromatic N) is 2. The van der Waals surface area contributed by atoms with Gasteiger partial charge in [0.1, 0.15) is 6.04 Å². The number of hydrogen-bond acceptors (Lipinski definition) is 3. The Hall–Kier alpha value is -1.30. The molecule has 0 saturated carbocycles. The van der Waals surface area contributed by atoms with E-state index in [1.54, 1.807) is 12.0 Å². The number of carbonyl (C=O) groups excluding carboxylic acids is 1. The lowest BCUT2D eigenvalue weighted by atomic mass is 10.2. The summed E-state index contributed by atoms with van der Waals surface area (Å²) >= 11 is 0. The van der Waals surface area contributed by atoms with Crippen LogP contribution in [0.25, 0.3) is 0 Å². The highest BCUT2D eigenvalue weighted by Crippen LogP contribution is 2.22. The molecule has 6 nitrogen and oxygen atoms in total. The zero-order chi connectivity index (χ0) is 12.4. The molecular weight excluding hydrogens is 224 g/mol. The minimum Gasteiger partial charge on any atom is -0.480 e. The number of carbonyl (C=O) groups is 2. The number of urea groups is 1. The smallest absolute Gasteiger partial charge is 0.326 e. The van der Waals surface area contributed by atoms with Crippen molar-refractivity contribution in [3.63, 3.8) is 0 Å². The van der Waals surface area contributed by atoms with Crippen LogP contribution in [0.15, 0.2) is 0 Å². The van der Waals surface area contributed by atoms with Gasteiger partial charge in [0.05, 0.1) is 6.10 Å². The van der Waals surface area contributed by atoms with Crippen LogP contribution in [0.2, 0.25) is 0 Å². The third-order valence-electron chi connectivity index (χ3n) is 3.53. The van der Waals surface area contributed by atoms with E-state index in [1.165, 1.54) is 4.90 Å². The quantitative estimate of drug-likeness (QED) is 0.759. The molecule has 6 heteroatoms. The number of ether oxygens (including phenoxy) is 1. The summed E-state index contributed by atoms with van der Waals surface area (Å²) in [5, 5.41) is 9.04. The van der Waals surface area contributed by atoms with Crippen molar-refractivity contribution in [2.24, 2.45) is 0 Å². The first-order chi connectivity index (χ1) is 8.13. The average molecular weight is 242 g/mol. The Kier molecular flexibility index (Phi) is 3.51. The van der Waals surface area contributed by atoms with Gasteiger partial charge in [-0.3, -0.25) is 0 Å². The Bertz CT molecular complexity index is 321. The lowest BCUT2D eigenvalue weighted by Gasteiger charge is -2.27. The Morgan fingerprint density at radius 3 is 2.65 bits per heavy atom. The molecule has 0 aromatic heterocycles. The fourth-order valence-electron chi connectivity index (χ4n) is 2.53. The van der Waals surface area contributed by atoms with Crippen molar-refractivity contribution in [2.75, 3.05) is 26.7 Å². The van der Waals surface area contributed by atoms with E-state index in [1.807, 2.05) is 0 Å². The molecule has 2 atom stereocenters. The van der Waals surface area contributed by atoms with Crippen LogP contribution >= 0.6 is 0 Å². The van der Waals surface area contributed by atoms with E-state index in [0.717, 1.165) is 12.8 Å². The summed E-state index contributed by atoms with van der Waals surface area (Å²) in [4.78, 5) is 26.3. The molecule has 17 heavy (non-hydrogen) atoms. The molecule has 0 aliphatic carbocycles. The van der Waals surface area contributed by atoms with Crippen molar-refractivity contribution >= 4 is 12.0 Å². The number of rotatable bonds is 2. The minimum absolute atomic E-state index is 0.0878. The zero-order valence-corrected chi connectivity index (χ0v) is 9.96. The molecule has 96 valence electrons. The monoisotopic (exact) mass is 242 g/mol. The van der Waals surface area contributed by atoms with E-state index < -0.39 is 12.0 Å². The molecule has 1 unspecified atom stereocenters. The number of aliphatic carboxylic acids is 1. The van der Waals surface area contributed by atoms with Crippen molar-refractivity contribution in [1.82, 2.24) is 9.80 Å². The molecule has 0 aromatic rings. The first-order valence-corrected chi connectivity index (χ1v) is 5.94. The maximum atomic E-state index is 12.2. The van der Waals surface area contributed by atoms with Gasteiger partial charge < -0.3 is 19.6 Å². The Morgan fingerprint density at radius 2 is 2.06 bits per heavy atom. The molecule has 1 N–H and O–H groups in total. The van der Waals surface area contributed by atoms with Gasteiger partial charge in [0.2, 0.25) is 0 Å². The standard InChI is InChI=1S/C11H18N2O4/c1-17-8-4-6-12(7-8)11(16)13-5-2-3-9(13)10(14)15/h8-9H,2-7H2,1H3,(H,14,15)/t8?,9-/m1/s1. The van der Waals surface area contributed by atoms with E-state index in [4.69, 9.17) is 9.84 Å². The first-order valence-electron chi connectivity index (χ1n) is 5.94. The van der Waals surface area contributed by atoms with Crippen LogP contribution in [-0.2, 0) is 9.53 Å². The van der Waals surface area contributed by atoms with E-state index in [-0.39, 0.29) is 12.1 Å². The summed E-state index contributed by atoms with van der Waals surface area (Å²) in [6.07, 6.45) is 2.24. The van der Waals surface area contributed by atoms with Gasteiger partial charge >= 0.3 is 12.0 Å². The second-order valence-corrected chi connectivity index (χ2v) is 4.56. The summed E-state index contributed by atoms with van der Waals surface area (Å²) in [6, 6.07) is -0.807. The topological polar surface area (TPSA) is 70.1 Å². The van der Waals surface area contributed by atoms with Crippen molar-refractivity contribution in [3.8, 4) is 0 Å². The molecule has 0 bridgehead atoms. The largest absolute Gasteiger partial charge is 0.480 e. The van der Waals surface area contributed by atoms with Gasteiger partial charge in [-0.1, -0.05) is 0 Å². The summed E-state index contributed by atoms with van der Waals surface area (Å²) in [6.45, 7) is 1.77. The zero-order valence-electron chi connectivity index (χ0n) is 9.96. The number of amides is 2. The van der Waals surface area contributed by atoms with Gasteiger partial charge in [-0.15, -0.1) is 0 Å². The van der Waals surface area contributed by atoms with Crippen LogP contribution in [0.5, 0.6) is 0 Å². The van der Waals surface area contributed by atoms with E-state index >= 15 is 0 Å². The van der Waals surface area contributed by atoms with Crippen LogP contribution in [0, 0.1) is 0 Å². The Labute approximate surface area is 100 Å². The van der Waals surface area contributed by atoms with Crippen LogP contribution in [0.3, 0.4) is 0 Å². The highest BCUT2D eigenvalue weighted by molar-refractivity contribution is 5.83. The highest BCUT2D eigenvalue weighted by Gasteiger charge is 2.38. The average Bonchev–Trinajstić information content (AvgIpc) is 2.97. The Morgan fingerprint density at radius 1 is 1.29 bits per heavy atom. The lowest BCUT2D eigenvalue weighted by Crippen LogP contribution is -2.47. The molecule has 0 aromatic carbocycles. The third-order valence-corrected chi connectivity index (χ3v) is 3.53. The molecule has 0 spiro atoms. The van der Waals surface area contributed by atoms with Gasteiger partial charge in [-0.25, -0.2) is 9.59 Å². The second-order valence-electron chi connectivity index (χ2n) is 4.56. The number of likely N-dealkylation sites (tertiary alicyclic amines) is 2. The van der Waals surface area contributed by atoms with Crippen LogP contribution in [0.4, 0.5) is 4.79 Å². The lowest BCUT2D eigenvalue weighted by molar-refractivity contribution is -0.141. The van der Waals surface area contributed by atoms with Crippen LogP contribution in [-0.4, -0.2) is 65.8 Å². The normalized spacial score (nSPS) is 28.8. The predicted octanol–water partition coefficient (Wildman–Crippen LogP) is 0.376. The second kappa shape index (κ2) is 4.91. The highest BCUT2D eigenvalue weighted by atomic mass is 16.5. The SMILES string of the molecule is COC1CCN(C(=O)N2CCC[C@@H]2C(=O)O)C1. The van der Waals surface area contributed by atoms with Crippen molar-refractivity contribution < 1.29 is 19.4 Å². The summed E-state index contributed by atoms with van der Waals surface area (Å²) < 4.78 is 5.20. The number of carboxylic acid groups (broad SMARTS) is 1. The first kappa shape index (κ1) is 12.2. The summed E-state index contributed by atoms with van der Waals surface area (Å²) in [5.74, 6) is -0.904. The number of methoxy groups -OCH3 is 1. The minimum atomic E-state index is -0.904. The molecule has 2 rings (SSSR count). The molecule has 2 saturated heterocycles.